The van der Waals surface area contributed by atoms with Gasteiger partial charge in [-0.15, -0.1) is 0 Å². The summed E-state index contributed by atoms with van der Waals surface area (Å²) in [6.07, 6.45) is -5.86. The molecule has 1 aromatic rings. The number of aromatic carboxylic acids is 1. The molecule has 1 unspecified atom stereocenters. The molecule has 22 heavy (non-hydrogen) atoms. The minimum Gasteiger partial charge on any atom is -0.545 e. The van der Waals surface area contributed by atoms with E-state index in [4.69, 9.17) is 9.47 Å². The van der Waals surface area contributed by atoms with Crippen molar-refractivity contribution in [2.75, 3.05) is 0 Å². The molecular weight excluding hydrogens is 301 g/mol. The first kappa shape index (κ1) is 18.3. The molecule has 0 aliphatic carbocycles. The monoisotopic (exact) mass is 319 g/mol. The van der Waals surface area contributed by atoms with E-state index in [1.54, 1.807) is 27.7 Å². The van der Waals surface area contributed by atoms with Gasteiger partial charge in [-0.3, -0.25) is 0 Å². The predicted octanol–water partition coefficient (Wildman–Crippen LogP) is 2.85. The van der Waals surface area contributed by atoms with E-state index in [1.165, 1.54) is 0 Å². The fourth-order valence-electron chi connectivity index (χ4n) is 1.70. The normalized spacial score (nSPS) is 13.5. The van der Waals surface area contributed by atoms with Crippen LogP contribution in [0, 0.1) is 5.92 Å². The third-order valence-electron chi connectivity index (χ3n) is 2.72. The fraction of sp³-hybridized carbons (Fsp3) is 0.533. The molecule has 1 aromatic carbocycles. The number of alkyl halides is 3. The van der Waals surface area contributed by atoms with Gasteiger partial charge < -0.3 is 19.4 Å². The second-order valence-electron chi connectivity index (χ2n) is 5.41. The van der Waals surface area contributed by atoms with Crippen LogP contribution in [-0.4, -0.2) is 18.4 Å². The van der Waals surface area contributed by atoms with E-state index in [0.717, 1.165) is 12.1 Å². The predicted molar refractivity (Wildman–Crippen MR) is 71.2 cm³/mol. The van der Waals surface area contributed by atoms with Crippen molar-refractivity contribution in [1.82, 2.24) is 0 Å². The Kier molecular flexibility index (Phi) is 5.82. The summed E-state index contributed by atoms with van der Waals surface area (Å²) in [6, 6.07) is 2.29. The van der Waals surface area contributed by atoms with Crippen LogP contribution >= 0.6 is 0 Å². The molecule has 0 heterocycles. The molecule has 4 nitrogen and oxygen atoms in total. The highest BCUT2D eigenvalue weighted by molar-refractivity contribution is 5.86. The summed E-state index contributed by atoms with van der Waals surface area (Å²) in [5, 5.41) is 10.8. The molecule has 0 radical (unpaired) electrons. The first-order valence-electron chi connectivity index (χ1n) is 6.77. The van der Waals surface area contributed by atoms with Crippen LogP contribution in [0.5, 0.6) is 5.75 Å². The lowest BCUT2D eigenvalue weighted by molar-refractivity contribution is -0.255. The third kappa shape index (κ3) is 4.91. The van der Waals surface area contributed by atoms with Gasteiger partial charge >= 0.3 is 6.18 Å². The van der Waals surface area contributed by atoms with Crippen LogP contribution in [0.4, 0.5) is 13.2 Å². The molecule has 0 saturated carbocycles. The summed E-state index contributed by atoms with van der Waals surface area (Å²) in [7, 11) is 0. The highest BCUT2D eigenvalue weighted by Gasteiger charge is 2.35. The molecule has 0 spiro atoms. The largest absolute Gasteiger partial charge is 0.545 e. The summed E-state index contributed by atoms with van der Waals surface area (Å²) in [4.78, 5) is 10.8. The zero-order chi connectivity index (χ0) is 17.1. The Morgan fingerprint density at radius 2 is 1.77 bits per heavy atom. The van der Waals surface area contributed by atoms with E-state index in [2.05, 4.69) is 0 Å². The van der Waals surface area contributed by atoms with Gasteiger partial charge in [0.1, 0.15) is 5.75 Å². The first-order chi connectivity index (χ1) is 10.0. The van der Waals surface area contributed by atoms with Crippen molar-refractivity contribution in [3.8, 4) is 5.75 Å². The molecule has 0 saturated heterocycles. The van der Waals surface area contributed by atoms with E-state index >= 15 is 0 Å². The zero-order valence-corrected chi connectivity index (χ0v) is 12.7. The number of hydrogen-bond donors (Lipinski definition) is 0. The maximum atomic E-state index is 13.0. The van der Waals surface area contributed by atoms with Crippen molar-refractivity contribution in [3.05, 3.63) is 29.3 Å². The number of benzene rings is 1. The number of carbonyl (C=O) groups is 1. The Labute approximate surface area is 126 Å². The van der Waals surface area contributed by atoms with Crippen molar-refractivity contribution in [2.45, 2.75) is 46.3 Å². The SMILES string of the molecule is CC(C)OC(Oc1cc(C(=O)[O-])ccc1C(F)(F)F)C(C)C. The second kappa shape index (κ2) is 7.00. The van der Waals surface area contributed by atoms with E-state index in [9.17, 15) is 23.1 Å². The summed E-state index contributed by atoms with van der Waals surface area (Å²) < 4.78 is 49.8. The molecule has 0 aliphatic heterocycles. The number of ether oxygens (including phenoxy) is 2. The fourth-order valence-corrected chi connectivity index (χ4v) is 1.70. The van der Waals surface area contributed by atoms with Gasteiger partial charge in [-0.1, -0.05) is 19.9 Å². The van der Waals surface area contributed by atoms with Crippen molar-refractivity contribution in [2.24, 2.45) is 5.92 Å². The zero-order valence-electron chi connectivity index (χ0n) is 12.7. The lowest BCUT2D eigenvalue weighted by atomic mass is 10.1. The van der Waals surface area contributed by atoms with Crippen LogP contribution in [0.3, 0.4) is 0 Å². The third-order valence-corrected chi connectivity index (χ3v) is 2.72. The summed E-state index contributed by atoms with van der Waals surface area (Å²) >= 11 is 0. The molecule has 0 aliphatic rings. The van der Waals surface area contributed by atoms with Gasteiger partial charge in [0.25, 0.3) is 0 Å². The van der Waals surface area contributed by atoms with E-state index < -0.39 is 35.3 Å². The molecule has 1 atom stereocenters. The Bertz CT molecular complexity index is 524. The quantitative estimate of drug-likeness (QED) is 0.757. The maximum absolute atomic E-state index is 13.0. The summed E-state index contributed by atoms with van der Waals surface area (Å²) in [5.74, 6) is -2.40. The van der Waals surface area contributed by atoms with Crippen molar-refractivity contribution < 1.29 is 32.5 Å². The number of carbonyl (C=O) groups excluding carboxylic acids is 1. The molecule has 0 fully saturated rings. The number of carboxylic acids is 1. The van der Waals surface area contributed by atoms with Crippen LogP contribution in [0.25, 0.3) is 0 Å². The van der Waals surface area contributed by atoms with Crippen molar-refractivity contribution in [3.63, 3.8) is 0 Å². The Morgan fingerprint density at radius 3 is 2.18 bits per heavy atom. The molecule has 7 heteroatoms. The highest BCUT2D eigenvalue weighted by atomic mass is 19.4. The van der Waals surface area contributed by atoms with Crippen molar-refractivity contribution in [1.29, 1.82) is 0 Å². The second-order valence-corrected chi connectivity index (χ2v) is 5.41. The maximum Gasteiger partial charge on any atom is 0.419 e. The molecular formula is C15H18F3O4-. The van der Waals surface area contributed by atoms with Crippen LogP contribution in [0.1, 0.15) is 43.6 Å². The first-order valence-corrected chi connectivity index (χ1v) is 6.77. The molecule has 124 valence electrons. The van der Waals surface area contributed by atoms with Gasteiger partial charge in [-0.25, -0.2) is 0 Å². The lowest BCUT2D eigenvalue weighted by Crippen LogP contribution is -2.30. The van der Waals surface area contributed by atoms with Gasteiger partial charge in [0.05, 0.1) is 17.6 Å². The van der Waals surface area contributed by atoms with Crippen LogP contribution in [-0.2, 0) is 10.9 Å². The summed E-state index contributed by atoms with van der Waals surface area (Å²) in [6.45, 7) is 6.90. The Balaban J connectivity index is 3.23. The Morgan fingerprint density at radius 1 is 1.18 bits per heavy atom. The van der Waals surface area contributed by atoms with Crippen LogP contribution in [0.2, 0.25) is 0 Å². The molecule has 0 amide bonds. The smallest absolute Gasteiger partial charge is 0.419 e. The Hall–Kier alpha value is -1.76. The minimum absolute atomic E-state index is 0.227. The molecule has 0 N–H and O–H groups in total. The molecule has 1 rings (SSSR count). The van der Waals surface area contributed by atoms with Gasteiger partial charge in [0.2, 0.25) is 6.29 Å². The van der Waals surface area contributed by atoms with E-state index in [-0.39, 0.29) is 12.0 Å². The van der Waals surface area contributed by atoms with Gasteiger partial charge in [0.15, 0.2) is 0 Å². The number of hydrogen-bond acceptors (Lipinski definition) is 4. The number of carboxylic acid groups (broad SMARTS) is 1. The minimum atomic E-state index is -4.67. The van der Waals surface area contributed by atoms with Crippen molar-refractivity contribution >= 4 is 5.97 Å². The number of halogens is 3. The van der Waals surface area contributed by atoms with Crippen LogP contribution < -0.4 is 9.84 Å². The molecule has 0 bridgehead atoms. The lowest BCUT2D eigenvalue weighted by Gasteiger charge is -2.26. The van der Waals surface area contributed by atoms with Gasteiger partial charge in [0, 0.05) is 11.5 Å². The average Bonchev–Trinajstić information content (AvgIpc) is 2.35. The topological polar surface area (TPSA) is 58.6 Å². The summed E-state index contributed by atoms with van der Waals surface area (Å²) in [5.41, 5.74) is -1.45. The average molecular weight is 319 g/mol. The standard InChI is InChI=1S/C15H19F3O4/c1-8(2)14(21-9(3)4)22-12-7-10(13(19)20)5-6-11(12)15(16,17)18/h5-9,14H,1-4H3,(H,19,20)/p-1. The van der Waals surface area contributed by atoms with Gasteiger partial charge in [-0.05, 0) is 26.0 Å². The highest BCUT2D eigenvalue weighted by Crippen LogP contribution is 2.37. The van der Waals surface area contributed by atoms with Crippen LogP contribution in [0.15, 0.2) is 18.2 Å². The molecule has 0 aromatic heterocycles. The van der Waals surface area contributed by atoms with E-state index in [1.807, 2.05) is 0 Å². The van der Waals surface area contributed by atoms with E-state index in [0.29, 0.717) is 6.07 Å². The number of rotatable bonds is 6. The van der Waals surface area contributed by atoms with Gasteiger partial charge in [-0.2, -0.15) is 13.2 Å².